The Morgan fingerprint density at radius 2 is 2.11 bits per heavy atom. The van der Waals surface area contributed by atoms with Gasteiger partial charge in [-0.25, -0.2) is 8.42 Å². The Kier molecular flexibility index (Phi) is 5.25. The van der Waals surface area contributed by atoms with Gasteiger partial charge in [0, 0.05) is 29.4 Å². The van der Waals surface area contributed by atoms with E-state index in [1.807, 2.05) is 19.9 Å². The molecule has 3 N–H and O–H groups in total. The summed E-state index contributed by atoms with van der Waals surface area (Å²) in [5, 5.41) is 3.08. The Hall–Kier alpha value is -1.21. The Balaban J connectivity index is 2.92. The average molecular weight is 301 g/mol. The second-order valence-corrected chi connectivity index (χ2v) is 7.21. The smallest absolute Gasteiger partial charge is 0.151 e. The molecule has 0 spiro atoms. The summed E-state index contributed by atoms with van der Waals surface area (Å²) in [5.41, 5.74) is 8.67. The summed E-state index contributed by atoms with van der Waals surface area (Å²) < 4.78 is 22.9. The monoisotopic (exact) mass is 301 g/mol. The van der Waals surface area contributed by atoms with Crippen molar-refractivity contribution in [1.29, 1.82) is 0 Å². The Morgan fingerprint density at radius 3 is 2.63 bits per heavy atom. The van der Waals surface area contributed by atoms with Crippen molar-refractivity contribution in [3.63, 3.8) is 0 Å². The molecule has 1 rings (SSSR count). The highest BCUT2D eigenvalue weighted by molar-refractivity contribution is 7.91. The Labute approximate surface area is 119 Å². The summed E-state index contributed by atoms with van der Waals surface area (Å²) in [7, 11) is -2.99. The van der Waals surface area contributed by atoms with Gasteiger partial charge in [-0.05, 0) is 19.9 Å². The van der Waals surface area contributed by atoms with Gasteiger partial charge < -0.3 is 11.1 Å². The molecule has 0 aliphatic heterocycles. The fourth-order valence-electron chi connectivity index (χ4n) is 1.76. The first-order valence-corrected chi connectivity index (χ1v) is 8.22. The van der Waals surface area contributed by atoms with Crippen LogP contribution in [0.2, 0.25) is 0 Å². The number of nitrogens with two attached hydrogens (primary N) is 1. The third-order valence-corrected chi connectivity index (χ3v) is 4.65. The van der Waals surface area contributed by atoms with E-state index in [-0.39, 0.29) is 16.5 Å². The summed E-state index contributed by atoms with van der Waals surface area (Å²) in [6, 6.07) is 1.82. The summed E-state index contributed by atoms with van der Waals surface area (Å²) in [6.45, 7) is 5.66. The molecule has 0 radical (unpaired) electrons. The molecule has 0 fully saturated rings. The second-order valence-electron chi connectivity index (χ2n) is 4.30. The lowest BCUT2D eigenvalue weighted by atomic mass is 10.1. The van der Waals surface area contributed by atoms with E-state index < -0.39 is 9.84 Å². The maximum absolute atomic E-state index is 11.4. The van der Waals surface area contributed by atoms with Crippen LogP contribution in [-0.2, 0) is 9.84 Å². The fraction of sp³-hybridized carbons (Fsp3) is 0.500. The topological polar surface area (TPSA) is 85.1 Å². The summed E-state index contributed by atoms with van der Waals surface area (Å²) in [4.78, 5) is 4.56. The fourth-order valence-corrected chi connectivity index (χ4v) is 2.72. The van der Waals surface area contributed by atoms with Gasteiger partial charge in [0.05, 0.1) is 11.3 Å². The number of rotatable bonds is 6. The predicted octanol–water partition coefficient (Wildman–Crippen LogP) is 1.18. The van der Waals surface area contributed by atoms with Gasteiger partial charge >= 0.3 is 0 Å². The van der Waals surface area contributed by atoms with Gasteiger partial charge in [-0.2, -0.15) is 0 Å². The van der Waals surface area contributed by atoms with Crippen molar-refractivity contribution < 1.29 is 8.42 Å². The molecular formula is C12H19N3O2S2. The zero-order chi connectivity index (χ0) is 14.6. The Bertz CT molecular complexity index is 583. The van der Waals surface area contributed by atoms with Crippen molar-refractivity contribution in [2.45, 2.75) is 20.8 Å². The highest BCUT2D eigenvalue weighted by atomic mass is 32.2. The van der Waals surface area contributed by atoms with Crippen LogP contribution in [0.1, 0.15) is 23.9 Å². The van der Waals surface area contributed by atoms with Crippen molar-refractivity contribution in [3.8, 4) is 0 Å². The van der Waals surface area contributed by atoms with Gasteiger partial charge in [0.1, 0.15) is 4.99 Å². The van der Waals surface area contributed by atoms with Gasteiger partial charge in [0.25, 0.3) is 0 Å². The van der Waals surface area contributed by atoms with Crippen LogP contribution < -0.4 is 11.1 Å². The molecule has 0 atom stereocenters. The highest BCUT2D eigenvalue weighted by Crippen LogP contribution is 2.19. The zero-order valence-corrected chi connectivity index (χ0v) is 13.0. The summed E-state index contributed by atoms with van der Waals surface area (Å²) in [5.74, 6) is 0.228. The van der Waals surface area contributed by atoms with Crippen molar-refractivity contribution in [3.05, 3.63) is 23.0 Å². The molecule has 0 aliphatic carbocycles. The van der Waals surface area contributed by atoms with Gasteiger partial charge in [-0.3, -0.25) is 4.98 Å². The summed E-state index contributed by atoms with van der Waals surface area (Å²) >= 11 is 5.01. The number of sulfone groups is 1. The standard InChI is InChI=1S/C12H19N3O2S2/c1-4-19(16,17)6-5-14-10-7-8(2)15-9(3)11(10)12(13)18/h7H,4-6H2,1-3H3,(H2,13,18)(H,14,15). The zero-order valence-electron chi connectivity index (χ0n) is 11.4. The quantitative estimate of drug-likeness (QED) is 0.768. The molecule has 1 heterocycles. The number of anilines is 1. The number of nitrogens with zero attached hydrogens (tertiary/aromatic N) is 1. The Morgan fingerprint density at radius 1 is 1.47 bits per heavy atom. The maximum Gasteiger partial charge on any atom is 0.151 e. The average Bonchev–Trinajstić information content (AvgIpc) is 2.27. The highest BCUT2D eigenvalue weighted by Gasteiger charge is 2.12. The number of aromatic nitrogens is 1. The van der Waals surface area contributed by atoms with Gasteiger partial charge in [-0.1, -0.05) is 19.1 Å². The lowest BCUT2D eigenvalue weighted by Gasteiger charge is -2.14. The minimum atomic E-state index is -2.99. The normalized spacial score (nSPS) is 11.3. The van der Waals surface area contributed by atoms with Crippen LogP contribution in [0.5, 0.6) is 0 Å². The van der Waals surface area contributed by atoms with Crippen molar-refractivity contribution in [2.75, 3.05) is 23.4 Å². The molecule has 0 saturated carbocycles. The third-order valence-electron chi connectivity index (χ3n) is 2.74. The van der Waals surface area contributed by atoms with E-state index in [9.17, 15) is 8.42 Å². The van der Waals surface area contributed by atoms with Gasteiger partial charge in [0.15, 0.2) is 9.84 Å². The van der Waals surface area contributed by atoms with E-state index in [0.29, 0.717) is 12.1 Å². The minimum Gasteiger partial charge on any atom is -0.389 e. The van der Waals surface area contributed by atoms with E-state index in [4.69, 9.17) is 18.0 Å². The molecule has 0 bridgehead atoms. The van der Waals surface area contributed by atoms with E-state index in [1.165, 1.54) is 0 Å². The molecule has 0 saturated heterocycles. The van der Waals surface area contributed by atoms with E-state index in [2.05, 4.69) is 10.3 Å². The molecule has 106 valence electrons. The first-order chi connectivity index (χ1) is 8.76. The molecule has 7 heteroatoms. The van der Waals surface area contributed by atoms with Crippen molar-refractivity contribution in [2.24, 2.45) is 5.73 Å². The molecule has 0 aliphatic rings. The summed E-state index contributed by atoms with van der Waals surface area (Å²) in [6.07, 6.45) is 0. The van der Waals surface area contributed by atoms with E-state index in [1.54, 1.807) is 6.92 Å². The van der Waals surface area contributed by atoms with Crippen LogP contribution in [0.25, 0.3) is 0 Å². The maximum atomic E-state index is 11.4. The first kappa shape index (κ1) is 15.8. The number of pyridine rings is 1. The lowest BCUT2D eigenvalue weighted by Crippen LogP contribution is -2.21. The third kappa shape index (κ3) is 4.43. The van der Waals surface area contributed by atoms with Crippen molar-refractivity contribution >= 4 is 32.7 Å². The van der Waals surface area contributed by atoms with Crippen LogP contribution in [0.4, 0.5) is 5.69 Å². The van der Waals surface area contributed by atoms with E-state index in [0.717, 1.165) is 17.1 Å². The molecule has 0 aromatic carbocycles. The first-order valence-electron chi connectivity index (χ1n) is 5.99. The van der Waals surface area contributed by atoms with Crippen molar-refractivity contribution in [1.82, 2.24) is 4.98 Å². The molecule has 0 amide bonds. The molecular weight excluding hydrogens is 282 g/mol. The van der Waals surface area contributed by atoms with E-state index >= 15 is 0 Å². The van der Waals surface area contributed by atoms with Crippen LogP contribution in [-0.4, -0.2) is 36.4 Å². The number of nitrogens with one attached hydrogen (secondary N) is 1. The van der Waals surface area contributed by atoms with Crippen LogP contribution in [0.15, 0.2) is 6.07 Å². The molecule has 0 unspecified atom stereocenters. The second kappa shape index (κ2) is 6.29. The largest absolute Gasteiger partial charge is 0.389 e. The van der Waals surface area contributed by atoms with Crippen LogP contribution in [0, 0.1) is 13.8 Å². The van der Waals surface area contributed by atoms with Crippen LogP contribution in [0.3, 0.4) is 0 Å². The number of aryl methyl sites for hydroxylation is 2. The number of hydrogen-bond acceptors (Lipinski definition) is 5. The van der Waals surface area contributed by atoms with Gasteiger partial charge in [0.2, 0.25) is 0 Å². The lowest BCUT2D eigenvalue weighted by molar-refractivity contribution is 0.597. The molecule has 19 heavy (non-hydrogen) atoms. The minimum absolute atomic E-state index is 0.0840. The molecule has 5 nitrogen and oxygen atoms in total. The predicted molar refractivity (Wildman–Crippen MR) is 82.4 cm³/mol. The molecule has 1 aromatic heterocycles. The molecule has 1 aromatic rings. The number of thiocarbonyl (C=S) groups is 1. The van der Waals surface area contributed by atoms with Gasteiger partial charge in [-0.15, -0.1) is 0 Å². The SMILES string of the molecule is CCS(=O)(=O)CCNc1cc(C)nc(C)c1C(N)=S. The van der Waals surface area contributed by atoms with Crippen LogP contribution >= 0.6 is 12.2 Å². The number of hydrogen-bond donors (Lipinski definition) is 2.